The van der Waals surface area contributed by atoms with E-state index in [0.717, 1.165) is 23.3 Å². The number of halogens is 3. The van der Waals surface area contributed by atoms with Gasteiger partial charge in [0.05, 0.1) is 18.0 Å². The maximum absolute atomic E-state index is 13.7. The SMILES string of the molecule is CN=C(C1=C(N)CN(C(=O)c2c(C)nc3c(C)cccn23)CC1)c1cc(F)c(F)c(F)c1. The number of nitrogens with zero attached hydrogens (tertiary/aromatic N) is 4. The largest absolute Gasteiger partial charge is 0.400 e. The van der Waals surface area contributed by atoms with Crippen LogP contribution < -0.4 is 5.73 Å². The lowest BCUT2D eigenvalue weighted by molar-refractivity contribution is 0.0756. The summed E-state index contributed by atoms with van der Waals surface area (Å²) in [7, 11) is 1.47. The molecular formula is C23H22F3N5O. The van der Waals surface area contributed by atoms with E-state index < -0.39 is 17.5 Å². The van der Waals surface area contributed by atoms with Gasteiger partial charge in [-0.1, -0.05) is 6.07 Å². The molecule has 1 aromatic carbocycles. The van der Waals surface area contributed by atoms with Gasteiger partial charge in [-0.2, -0.15) is 0 Å². The van der Waals surface area contributed by atoms with Gasteiger partial charge in [0.15, 0.2) is 17.5 Å². The first-order valence-electron chi connectivity index (χ1n) is 10.1. The van der Waals surface area contributed by atoms with Crippen LogP contribution in [0.25, 0.3) is 5.65 Å². The summed E-state index contributed by atoms with van der Waals surface area (Å²) in [4.78, 5) is 23.6. The van der Waals surface area contributed by atoms with Crippen molar-refractivity contribution in [3.63, 3.8) is 0 Å². The molecular weight excluding hydrogens is 419 g/mol. The minimum atomic E-state index is -1.54. The lowest BCUT2D eigenvalue weighted by Crippen LogP contribution is -2.41. The first-order valence-corrected chi connectivity index (χ1v) is 10.1. The van der Waals surface area contributed by atoms with Crippen LogP contribution in [0.15, 0.2) is 46.7 Å². The minimum absolute atomic E-state index is 0.0923. The molecule has 2 aromatic heterocycles. The van der Waals surface area contributed by atoms with Crippen molar-refractivity contribution in [2.45, 2.75) is 20.3 Å². The Bertz CT molecular complexity index is 1290. The summed E-state index contributed by atoms with van der Waals surface area (Å²) in [6, 6.07) is 5.57. The number of fused-ring (bicyclic) bond motifs is 1. The zero-order valence-electron chi connectivity index (χ0n) is 17.9. The molecule has 3 heterocycles. The van der Waals surface area contributed by atoms with Gasteiger partial charge in [-0.15, -0.1) is 0 Å². The molecule has 166 valence electrons. The molecule has 6 nitrogen and oxygen atoms in total. The number of carbonyl (C=O) groups is 1. The van der Waals surface area contributed by atoms with Crippen LogP contribution in [0.3, 0.4) is 0 Å². The normalized spacial score (nSPS) is 15.1. The summed E-state index contributed by atoms with van der Waals surface area (Å²) in [6.07, 6.45) is 2.13. The van der Waals surface area contributed by atoms with Crippen molar-refractivity contribution < 1.29 is 18.0 Å². The highest BCUT2D eigenvalue weighted by molar-refractivity contribution is 6.13. The summed E-state index contributed by atoms with van der Waals surface area (Å²) < 4.78 is 42.6. The third-order valence-corrected chi connectivity index (χ3v) is 5.66. The Labute approximate surface area is 182 Å². The molecule has 0 fully saturated rings. The smallest absolute Gasteiger partial charge is 0.273 e. The molecule has 0 radical (unpaired) electrons. The molecule has 0 aliphatic carbocycles. The molecule has 0 bridgehead atoms. The number of nitrogens with two attached hydrogens (primary N) is 1. The van der Waals surface area contributed by atoms with Crippen molar-refractivity contribution >= 4 is 17.3 Å². The lowest BCUT2D eigenvalue weighted by Gasteiger charge is -2.30. The number of aromatic nitrogens is 2. The Morgan fingerprint density at radius 1 is 1.19 bits per heavy atom. The highest BCUT2D eigenvalue weighted by Crippen LogP contribution is 2.25. The number of imidazole rings is 1. The Hall–Kier alpha value is -3.62. The van der Waals surface area contributed by atoms with E-state index in [-0.39, 0.29) is 23.7 Å². The summed E-state index contributed by atoms with van der Waals surface area (Å²) in [5.41, 5.74) is 10.3. The predicted octanol–water partition coefficient (Wildman–Crippen LogP) is 3.55. The lowest BCUT2D eigenvalue weighted by atomic mass is 9.94. The average molecular weight is 441 g/mol. The summed E-state index contributed by atoms with van der Waals surface area (Å²) >= 11 is 0. The fraction of sp³-hybridized carbons (Fsp3) is 0.261. The van der Waals surface area contributed by atoms with E-state index in [0.29, 0.717) is 35.6 Å². The van der Waals surface area contributed by atoms with Crippen LogP contribution in [0.1, 0.15) is 33.7 Å². The Morgan fingerprint density at radius 3 is 2.50 bits per heavy atom. The molecule has 0 atom stereocenters. The molecule has 1 aliphatic rings. The number of amides is 1. The average Bonchev–Trinajstić information content (AvgIpc) is 3.10. The third-order valence-electron chi connectivity index (χ3n) is 5.66. The van der Waals surface area contributed by atoms with Crippen molar-refractivity contribution in [1.29, 1.82) is 0 Å². The number of aryl methyl sites for hydroxylation is 2. The van der Waals surface area contributed by atoms with Crippen molar-refractivity contribution in [2.24, 2.45) is 10.7 Å². The Morgan fingerprint density at radius 2 is 1.88 bits per heavy atom. The summed E-state index contributed by atoms with van der Waals surface area (Å²) in [6.45, 7) is 4.17. The molecule has 2 N–H and O–H groups in total. The van der Waals surface area contributed by atoms with E-state index in [1.807, 2.05) is 19.1 Å². The second-order valence-corrected chi connectivity index (χ2v) is 7.74. The molecule has 0 spiro atoms. The Balaban J connectivity index is 1.66. The second kappa shape index (κ2) is 8.14. The van der Waals surface area contributed by atoms with Crippen molar-refractivity contribution in [1.82, 2.24) is 14.3 Å². The van der Waals surface area contributed by atoms with Gasteiger partial charge in [-0.3, -0.25) is 14.2 Å². The zero-order valence-corrected chi connectivity index (χ0v) is 17.9. The van der Waals surface area contributed by atoms with Crippen LogP contribution in [0.2, 0.25) is 0 Å². The molecule has 0 saturated heterocycles. The van der Waals surface area contributed by atoms with Gasteiger partial charge in [-0.25, -0.2) is 18.2 Å². The number of hydrogen-bond acceptors (Lipinski definition) is 4. The fourth-order valence-electron chi connectivity index (χ4n) is 4.09. The van der Waals surface area contributed by atoms with Crippen LogP contribution in [0.5, 0.6) is 0 Å². The second-order valence-electron chi connectivity index (χ2n) is 7.74. The van der Waals surface area contributed by atoms with Gasteiger partial charge in [0, 0.05) is 36.6 Å². The quantitative estimate of drug-likeness (QED) is 0.499. The van der Waals surface area contributed by atoms with Gasteiger partial charge < -0.3 is 10.6 Å². The molecule has 0 unspecified atom stereocenters. The number of benzene rings is 1. The number of hydrogen-bond donors (Lipinski definition) is 1. The van der Waals surface area contributed by atoms with Crippen molar-refractivity contribution in [3.8, 4) is 0 Å². The predicted molar refractivity (Wildman–Crippen MR) is 115 cm³/mol. The molecule has 4 rings (SSSR count). The van der Waals surface area contributed by atoms with Crippen LogP contribution in [-0.2, 0) is 0 Å². The molecule has 3 aromatic rings. The summed E-state index contributed by atoms with van der Waals surface area (Å²) in [5, 5.41) is 0. The molecule has 1 amide bonds. The monoisotopic (exact) mass is 441 g/mol. The van der Waals surface area contributed by atoms with Crippen molar-refractivity contribution in [3.05, 3.63) is 81.7 Å². The van der Waals surface area contributed by atoms with E-state index >= 15 is 0 Å². The van der Waals surface area contributed by atoms with Crippen LogP contribution in [0, 0.1) is 31.3 Å². The maximum Gasteiger partial charge on any atom is 0.273 e. The molecule has 9 heteroatoms. The molecule has 32 heavy (non-hydrogen) atoms. The molecule has 0 saturated carbocycles. The molecule has 1 aliphatic heterocycles. The van der Waals surface area contributed by atoms with E-state index in [1.54, 1.807) is 22.4 Å². The number of aliphatic imine (C=N–C) groups is 1. The zero-order chi connectivity index (χ0) is 23.2. The number of pyridine rings is 1. The standard InChI is InChI=1S/C23H22F3N5O/c1-12-5-4-7-31-21(13(2)29-22(12)31)23(32)30-8-6-15(18(27)11-30)20(28-3)14-9-16(24)19(26)17(25)10-14/h4-5,7,9-10H,6,8,11,27H2,1-3H3. The van der Waals surface area contributed by atoms with E-state index in [2.05, 4.69) is 9.98 Å². The first kappa shape index (κ1) is 21.6. The minimum Gasteiger partial charge on any atom is -0.400 e. The van der Waals surface area contributed by atoms with Crippen molar-refractivity contribution in [2.75, 3.05) is 20.1 Å². The van der Waals surface area contributed by atoms with E-state index in [9.17, 15) is 18.0 Å². The van der Waals surface area contributed by atoms with Gasteiger partial charge in [0.25, 0.3) is 5.91 Å². The van der Waals surface area contributed by atoms with Crippen LogP contribution >= 0.6 is 0 Å². The number of rotatable bonds is 3. The van der Waals surface area contributed by atoms with Gasteiger partial charge in [0.1, 0.15) is 11.3 Å². The Kier molecular flexibility index (Phi) is 5.50. The van der Waals surface area contributed by atoms with Crippen LogP contribution in [-0.4, -0.2) is 46.0 Å². The van der Waals surface area contributed by atoms with E-state index in [4.69, 9.17) is 5.73 Å². The summed E-state index contributed by atoms with van der Waals surface area (Å²) in [5.74, 6) is -4.35. The maximum atomic E-state index is 13.7. The highest BCUT2D eigenvalue weighted by Gasteiger charge is 2.29. The topological polar surface area (TPSA) is 76.0 Å². The van der Waals surface area contributed by atoms with Gasteiger partial charge >= 0.3 is 0 Å². The highest BCUT2D eigenvalue weighted by atomic mass is 19.2. The first-order chi connectivity index (χ1) is 15.2. The third kappa shape index (κ3) is 3.53. The van der Waals surface area contributed by atoms with Gasteiger partial charge in [0.2, 0.25) is 0 Å². The van der Waals surface area contributed by atoms with E-state index in [1.165, 1.54) is 7.05 Å². The number of carbonyl (C=O) groups excluding carboxylic acids is 1. The fourth-order valence-corrected chi connectivity index (χ4v) is 4.09. The van der Waals surface area contributed by atoms with Crippen LogP contribution in [0.4, 0.5) is 13.2 Å². The van der Waals surface area contributed by atoms with Gasteiger partial charge in [-0.05, 0) is 44.0 Å².